The molecule has 0 radical (unpaired) electrons. The number of rotatable bonds is 5. The smallest absolute Gasteiger partial charge is 0.340 e. The number of halogens is 2. The molecule has 6 heteroatoms. The van der Waals surface area contributed by atoms with Crippen LogP contribution in [0.15, 0.2) is 4.42 Å². The van der Waals surface area contributed by atoms with E-state index in [1.165, 1.54) is 0 Å². The molecule has 92 valence electrons. The fourth-order valence-corrected chi connectivity index (χ4v) is 1.75. The van der Waals surface area contributed by atoms with E-state index < -0.39 is 29.3 Å². The maximum Gasteiger partial charge on any atom is 0.340 e. The largest absolute Gasteiger partial charge is 0.478 e. The van der Waals surface area contributed by atoms with Crippen LogP contribution in [-0.4, -0.2) is 17.4 Å². The van der Waals surface area contributed by atoms with Gasteiger partial charge in [-0.1, -0.05) is 0 Å². The molecule has 0 aliphatic heterocycles. The van der Waals surface area contributed by atoms with Crippen molar-refractivity contribution in [2.24, 2.45) is 5.92 Å². The average Bonchev–Trinajstić information content (AvgIpc) is 2.96. The Kier molecular flexibility index (Phi) is 2.95. The second kappa shape index (κ2) is 4.27. The molecular weight excluding hydrogens is 234 g/mol. The molecule has 0 unspecified atom stereocenters. The Balaban J connectivity index is 2.48. The Morgan fingerprint density at radius 1 is 1.53 bits per heavy atom. The van der Waals surface area contributed by atoms with Gasteiger partial charge in [0.15, 0.2) is 12.0 Å². The van der Waals surface area contributed by atoms with E-state index in [9.17, 15) is 18.4 Å². The summed E-state index contributed by atoms with van der Waals surface area (Å²) in [7, 11) is 0. The zero-order valence-electron chi connectivity index (χ0n) is 8.78. The molecule has 4 nitrogen and oxygen atoms in total. The molecule has 0 bridgehead atoms. The summed E-state index contributed by atoms with van der Waals surface area (Å²) in [5, 5.41) is 8.94. The number of carboxylic acids is 1. The van der Waals surface area contributed by atoms with Gasteiger partial charge >= 0.3 is 5.97 Å². The zero-order valence-corrected chi connectivity index (χ0v) is 8.78. The van der Waals surface area contributed by atoms with Crippen molar-refractivity contribution >= 4 is 12.3 Å². The summed E-state index contributed by atoms with van der Waals surface area (Å²) in [6, 6.07) is 0. The van der Waals surface area contributed by atoms with E-state index >= 15 is 0 Å². The minimum atomic E-state index is -2.98. The molecule has 1 fully saturated rings. The number of alkyl halides is 2. The third-order valence-corrected chi connectivity index (χ3v) is 2.75. The van der Waals surface area contributed by atoms with Crippen molar-refractivity contribution < 1.29 is 27.9 Å². The van der Waals surface area contributed by atoms with Crippen molar-refractivity contribution in [3.8, 4) is 0 Å². The van der Waals surface area contributed by atoms with Gasteiger partial charge in [-0.15, -0.1) is 0 Å². The number of aromatic carboxylic acids is 1. The molecule has 0 saturated heterocycles. The van der Waals surface area contributed by atoms with Gasteiger partial charge in [-0.3, -0.25) is 4.79 Å². The van der Waals surface area contributed by atoms with Crippen LogP contribution in [0.3, 0.4) is 0 Å². The predicted octanol–water partition coefficient (Wildman–Crippen LogP) is 2.68. The number of hydrogen-bond acceptors (Lipinski definition) is 3. The second-order valence-electron chi connectivity index (χ2n) is 4.05. The summed E-state index contributed by atoms with van der Waals surface area (Å²) in [5.74, 6) is -1.98. The highest BCUT2D eigenvalue weighted by atomic mass is 19.3. The molecule has 1 aliphatic rings. The first kappa shape index (κ1) is 11.8. The lowest BCUT2D eigenvalue weighted by Gasteiger charge is -1.96. The molecule has 0 spiro atoms. The monoisotopic (exact) mass is 244 g/mol. The minimum Gasteiger partial charge on any atom is -0.478 e. The van der Waals surface area contributed by atoms with Crippen molar-refractivity contribution in [1.82, 2.24) is 0 Å². The lowest BCUT2D eigenvalue weighted by molar-refractivity contribution is 0.0691. The molecule has 1 N–H and O–H groups in total. The Morgan fingerprint density at radius 3 is 2.59 bits per heavy atom. The minimum absolute atomic E-state index is 0.0163. The topological polar surface area (TPSA) is 67.5 Å². The van der Waals surface area contributed by atoms with Gasteiger partial charge in [0.25, 0.3) is 6.43 Å². The normalized spacial score (nSPS) is 15.2. The van der Waals surface area contributed by atoms with Crippen LogP contribution < -0.4 is 0 Å². The van der Waals surface area contributed by atoms with Crippen LogP contribution in [0.5, 0.6) is 0 Å². The molecule has 0 aromatic carbocycles. The van der Waals surface area contributed by atoms with E-state index in [4.69, 9.17) is 9.52 Å². The van der Waals surface area contributed by atoms with Gasteiger partial charge in [0.2, 0.25) is 0 Å². The van der Waals surface area contributed by atoms with E-state index in [0.29, 0.717) is 6.42 Å². The highest BCUT2D eigenvalue weighted by Gasteiger charge is 2.32. The van der Waals surface area contributed by atoms with E-state index in [-0.39, 0.29) is 18.0 Å². The van der Waals surface area contributed by atoms with Gasteiger partial charge in [-0.05, 0) is 18.8 Å². The summed E-state index contributed by atoms with van der Waals surface area (Å²) < 4.78 is 30.0. The Bertz CT molecular complexity index is 460. The van der Waals surface area contributed by atoms with Crippen molar-refractivity contribution in [3.63, 3.8) is 0 Å². The van der Waals surface area contributed by atoms with Gasteiger partial charge in [0, 0.05) is 6.42 Å². The Morgan fingerprint density at radius 2 is 2.18 bits per heavy atom. The second-order valence-corrected chi connectivity index (χ2v) is 4.05. The number of aldehydes is 1. The van der Waals surface area contributed by atoms with Gasteiger partial charge in [0.05, 0.1) is 5.56 Å². The maximum atomic E-state index is 12.6. The van der Waals surface area contributed by atoms with Gasteiger partial charge in [-0.2, -0.15) is 0 Å². The van der Waals surface area contributed by atoms with Crippen LogP contribution in [0, 0.1) is 5.92 Å². The first-order valence-electron chi connectivity index (χ1n) is 5.16. The van der Waals surface area contributed by atoms with Crippen LogP contribution in [0.25, 0.3) is 0 Å². The van der Waals surface area contributed by atoms with Crippen LogP contribution in [-0.2, 0) is 6.42 Å². The maximum absolute atomic E-state index is 12.6. The van der Waals surface area contributed by atoms with Crippen LogP contribution in [0.2, 0.25) is 0 Å². The first-order valence-corrected chi connectivity index (χ1v) is 5.16. The van der Waals surface area contributed by atoms with Gasteiger partial charge in [-0.25, -0.2) is 13.6 Å². The summed E-state index contributed by atoms with van der Waals surface area (Å²) >= 11 is 0. The number of carbonyl (C=O) groups excluding carboxylic acids is 1. The standard InChI is InChI=1S/C11H10F2O4/c12-10(13)9-6(4-14)8(11(15)16)7(17-9)3-5-1-2-5/h4-5,10H,1-3H2,(H,15,16). The molecular formula is C11H10F2O4. The van der Waals surface area contributed by atoms with E-state index in [2.05, 4.69) is 0 Å². The molecule has 0 amide bonds. The average molecular weight is 244 g/mol. The molecule has 1 aromatic heterocycles. The summed E-state index contributed by atoms with van der Waals surface area (Å²) in [6.07, 6.45) is -0.707. The van der Waals surface area contributed by atoms with Crippen LogP contribution in [0.4, 0.5) is 8.78 Å². The number of hydrogen-bond donors (Lipinski definition) is 1. The van der Waals surface area contributed by atoms with Crippen LogP contribution >= 0.6 is 0 Å². The molecule has 1 saturated carbocycles. The van der Waals surface area contributed by atoms with E-state index in [1.807, 2.05) is 0 Å². The van der Waals surface area contributed by atoms with Crippen LogP contribution in [0.1, 0.15) is 51.5 Å². The summed E-state index contributed by atoms with van der Waals surface area (Å²) in [6.45, 7) is 0. The third kappa shape index (κ3) is 2.20. The SMILES string of the molecule is O=Cc1c(C(F)F)oc(CC2CC2)c1C(=O)O. The van der Waals surface area contributed by atoms with E-state index in [0.717, 1.165) is 12.8 Å². The third-order valence-electron chi connectivity index (χ3n) is 2.75. The quantitative estimate of drug-likeness (QED) is 0.808. The van der Waals surface area contributed by atoms with Crippen molar-refractivity contribution in [2.75, 3.05) is 0 Å². The van der Waals surface area contributed by atoms with Crippen molar-refractivity contribution in [1.29, 1.82) is 0 Å². The first-order chi connectivity index (χ1) is 8.04. The fourth-order valence-electron chi connectivity index (χ4n) is 1.75. The molecule has 0 atom stereocenters. The Hall–Kier alpha value is -1.72. The molecule has 17 heavy (non-hydrogen) atoms. The van der Waals surface area contributed by atoms with Crippen molar-refractivity contribution in [2.45, 2.75) is 25.7 Å². The molecule has 2 rings (SSSR count). The lowest BCUT2D eigenvalue weighted by Crippen LogP contribution is -2.04. The highest BCUT2D eigenvalue weighted by molar-refractivity contribution is 5.99. The number of carboxylic acid groups (broad SMARTS) is 1. The van der Waals surface area contributed by atoms with E-state index in [1.54, 1.807) is 0 Å². The number of carbonyl (C=O) groups is 2. The molecule has 1 aliphatic carbocycles. The molecule has 1 heterocycles. The molecule has 1 aromatic rings. The number of furan rings is 1. The van der Waals surface area contributed by atoms with Gasteiger partial charge < -0.3 is 9.52 Å². The van der Waals surface area contributed by atoms with Crippen molar-refractivity contribution in [3.05, 3.63) is 22.6 Å². The zero-order chi connectivity index (χ0) is 12.6. The Labute approximate surface area is 95.2 Å². The highest BCUT2D eigenvalue weighted by Crippen LogP contribution is 2.37. The summed E-state index contributed by atoms with van der Waals surface area (Å²) in [5.41, 5.74) is -0.953. The summed E-state index contributed by atoms with van der Waals surface area (Å²) in [4.78, 5) is 21.7. The predicted molar refractivity (Wildman–Crippen MR) is 52.4 cm³/mol. The fraction of sp³-hybridized carbons (Fsp3) is 0.455. The lowest BCUT2D eigenvalue weighted by atomic mass is 10.1. The van der Waals surface area contributed by atoms with Gasteiger partial charge in [0.1, 0.15) is 11.3 Å².